The van der Waals surface area contributed by atoms with Crippen LogP contribution in [-0.2, 0) is 4.79 Å². The number of amides is 1. The van der Waals surface area contributed by atoms with Crippen molar-refractivity contribution in [2.45, 2.75) is 31.5 Å². The van der Waals surface area contributed by atoms with E-state index >= 15 is 0 Å². The summed E-state index contributed by atoms with van der Waals surface area (Å²) in [5, 5.41) is 6.42. The predicted molar refractivity (Wildman–Crippen MR) is 57.6 cm³/mol. The average Bonchev–Trinajstić information content (AvgIpc) is 2.52. The van der Waals surface area contributed by atoms with Crippen molar-refractivity contribution in [1.82, 2.24) is 5.16 Å². The van der Waals surface area contributed by atoms with Gasteiger partial charge < -0.3 is 4.52 Å². The second-order valence-electron chi connectivity index (χ2n) is 3.38. The molecule has 0 spiro atoms. The van der Waals surface area contributed by atoms with Crippen molar-refractivity contribution in [3.05, 3.63) is 11.8 Å². The summed E-state index contributed by atoms with van der Waals surface area (Å²) in [7, 11) is 0. The van der Waals surface area contributed by atoms with Gasteiger partial charge in [-0.25, -0.2) is 0 Å². The molecule has 1 aromatic heterocycles. The Morgan fingerprint density at radius 1 is 1.57 bits per heavy atom. The van der Waals surface area contributed by atoms with Gasteiger partial charge in [-0.1, -0.05) is 34.9 Å². The maximum atomic E-state index is 11.2. The van der Waals surface area contributed by atoms with Crippen molar-refractivity contribution in [1.29, 1.82) is 0 Å². The first-order valence-corrected chi connectivity index (χ1v) is 5.34. The van der Waals surface area contributed by atoms with E-state index in [2.05, 4.69) is 26.4 Å². The third-order valence-corrected chi connectivity index (χ3v) is 2.14. The molecule has 14 heavy (non-hydrogen) atoms. The smallest absolute Gasteiger partial charge is 0.240 e. The highest BCUT2D eigenvalue weighted by Crippen LogP contribution is 2.17. The van der Waals surface area contributed by atoms with Crippen LogP contribution >= 0.6 is 15.9 Å². The Bertz CT molecular complexity index is 320. The Kier molecular flexibility index (Phi) is 3.69. The maximum Gasteiger partial charge on any atom is 0.240 e. The Morgan fingerprint density at radius 3 is 2.64 bits per heavy atom. The van der Waals surface area contributed by atoms with Crippen LogP contribution in [0.4, 0.5) is 5.88 Å². The number of rotatable bonds is 3. The molecule has 0 bridgehead atoms. The molecule has 4 nitrogen and oxygen atoms in total. The van der Waals surface area contributed by atoms with Gasteiger partial charge in [-0.05, 0) is 12.8 Å². The lowest BCUT2D eigenvalue weighted by atomic mass is 10.1. The molecule has 0 aliphatic carbocycles. The van der Waals surface area contributed by atoms with Crippen LogP contribution in [0.5, 0.6) is 0 Å². The fourth-order valence-corrected chi connectivity index (χ4v) is 0.955. The normalized spacial score (nSPS) is 12.9. The lowest BCUT2D eigenvalue weighted by Crippen LogP contribution is -2.19. The molecule has 0 aliphatic rings. The summed E-state index contributed by atoms with van der Waals surface area (Å²) in [6, 6.07) is 1.73. The highest BCUT2D eigenvalue weighted by atomic mass is 79.9. The van der Waals surface area contributed by atoms with Crippen LogP contribution in [0.3, 0.4) is 0 Å². The van der Waals surface area contributed by atoms with Gasteiger partial charge in [0, 0.05) is 6.07 Å². The van der Waals surface area contributed by atoms with E-state index in [1.165, 1.54) is 0 Å². The van der Waals surface area contributed by atoms with Crippen LogP contribution in [0.1, 0.15) is 32.4 Å². The Balaban J connectivity index is 2.64. The van der Waals surface area contributed by atoms with Gasteiger partial charge in [0.05, 0.1) is 10.5 Å². The quantitative estimate of drug-likeness (QED) is 0.850. The fourth-order valence-electron chi connectivity index (χ4n) is 0.841. The monoisotopic (exact) mass is 260 g/mol. The van der Waals surface area contributed by atoms with Gasteiger partial charge in [0.15, 0.2) is 0 Å². The maximum absolute atomic E-state index is 11.2. The van der Waals surface area contributed by atoms with Gasteiger partial charge in [0.2, 0.25) is 11.8 Å². The number of carbonyl (C=O) groups is 1. The number of halogens is 1. The molecule has 0 saturated heterocycles. The Hall–Kier alpha value is -0.840. The van der Waals surface area contributed by atoms with Crippen LogP contribution < -0.4 is 5.32 Å². The third-order valence-electron chi connectivity index (χ3n) is 1.73. The molecule has 1 heterocycles. The summed E-state index contributed by atoms with van der Waals surface area (Å²) in [5.74, 6) is 0.548. The minimum absolute atomic E-state index is 0.142. The second-order valence-corrected chi connectivity index (χ2v) is 4.75. The summed E-state index contributed by atoms with van der Waals surface area (Å²) in [4.78, 5) is 11.0. The van der Waals surface area contributed by atoms with Crippen LogP contribution in [-0.4, -0.2) is 15.9 Å². The van der Waals surface area contributed by atoms with Gasteiger partial charge in [0.1, 0.15) is 0 Å². The highest BCUT2D eigenvalue weighted by molar-refractivity contribution is 9.10. The first-order valence-electron chi connectivity index (χ1n) is 4.42. The Morgan fingerprint density at radius 2 is 2.21 bits per heavy atom. The van der Waals surface area contributed by atoms with E-state index in [9.17, 15) is 4.79 Å². The van der Waals surface area contributed by atoms with Crippen molar-refractivity contribution >= 4 is 27.7 Å². The fraction of sp³-hybridized carbons (Fsp3) is 0.556. The molecule has 0 aliphatic heterocycles. The predicted octanol–water partition coefficient (Wildman–Crippen LogP) is 2.52. The molecule has 1 aromatic rings. The molecule has 1 rings (SSSR count). The van der Waals surface area contributed by atoms with E-state index in [4.69, 9.17) is 4.52 Å². The van der Waals surface area contributed by atoms with Crippen molar-refractivity contribution in [3.8, 4) is 0 Å². The molecule has 0 fully saturated rings. The molecular weight excluding hydrogens is 248 g/mol. The van der Waals surface area contributed by atoms with Crippen LogP contribution in [0.15, 0.2) is 10.6 Å². The molecule has 1 atom stereocenters. The summed E-state index contributed by atoms with van der Waals surface area (Å²) in [5.41, 5.74) is 0.836. The third kappa shape index (κ3) is 2.83. The topological polar surface area (TPSA) is 55.1 Å². The van der Waals surface area contributed by atoms with Crippen LogP contribution in [0.2, 0.25) is 0 Å². The number of carbonyl (C=O) groups excluding carboxylic acids is 1. The van der Waals surface area contributed by atoms with Gasteiger partial charge >= 0.3 is 0 Å². The zero-order valence-corrected chi connectivity index (χ0v) is 9.96. The van der Waals surface area contributed by atoms with E-state index in [1.54, 1.807) is 13.0 Å². The summed E-state index contributed by atoms with van der Waals surface area (Å²) in [6.07, 6.45) is 0. The molecule has 0 radical (unpaired) electrons. The van der Waals surface area contributed by atoms with E-state index < -0.39 is 0 Å². The number of nitrogens with zero attached hydrogens (tertiary/aromatic N) is 1. The van der Waals surface area contributed by atoms with E-state index in [0.717, 1.165) is 5.69 Å². The van der Waals surface area contributed by atoms with E-state index in [0.29, 0.717) is 11.8 Å². The van der Waals surface area contributed by atoms with E-state index in [1.807, 2.05) is 13.8 Å². The standard InChI is InChI=1S/C9H13BrN2O2/c1-5(2)7-4-8(14-12-7)11-9(13)6(3)10/h4-6H,1-3H3,(H,11,13). The lowest BCUT2D eigenvalue weighted by Gasteiger charge is -2.01. The number of alkyl halides is 1. The summed E-state index contributed by atoms with van der Waals surface area (Å²) >= 11 is 3.16. The van der Waals surface area contributed by atoms with Crippen molar-refractivity contribution in [2.24, 2.45) is 0 Å². The molecule has 1 N–H and O–H groups in total. The molecule has 1 unspecified atom stereocenters. The first kappa shape index (κ1) is 11.2. The zero-order valence-electron chi connectivity index (χ0n) is 8.37. The summed E-state index contributed by atoms with van der Waals surface area (Å²) < 4.78 is 4.94. The number of nitrogens with one attached hydrogen (secondary N) is 1. The SMILES string of the molecule is CC(Br)C(=O)Nc1cc(C(C)C)no1. The molecule has 0 aromatic carbocycles. The molecule has 5 heteroatoms. The van der Waals surface area contributed by atoms with Crippen LogP contribution in [0.25, 0.3) is 0 Å². The van der Waals surface area contributed by atoms with Gasteiger partial charge in [-0.3, -0.25) is 10.1 Å². The number of hydrogen-bond acceptors (Lipinski definition) is 3. The van der Waals surface area contributed by atoms with Gasteiger partial charge in [-0.15, -0.1) is 0 Å². The van der Waals surface area contributed by atoms with Crippen molar-refractivity contribution in [2.75, 3.05) is 5.32 Å². The number of aromatic nitrogens is 1. The van der Waals surface area contributed by atoms with Gasteiger partial charge in [-0.2, -0.15) is 0 Å². The zero-order chi connectivity index (χ0) is 10.7. The molecule has 1 amide bonds. The molecule has 78 valence electrons. The minimum Gasteiger partial charge on any atom is -0.338 e. The van der Waals surface area contributed by atoms with Crippen molar-refractivity contribution < 1.29 is 9.32 Å². The van der Waals surface area contributed by atoms with Gasteiger partial charge in [0.25, 0.3) is 0 Å². The first-order chi connectivity index (χ1) is 6.50. The van der Waals surface area contributed by atoms with E-state index in [-0.39, 0.29) is 10.7 Å². The van der Waals surface area contributed by atoms with Crippen LogP contribution in [0, 0.1) is 0 Å². The molecular formula is C9H13BrN2O2. The molecule has 0 saturated carbocycles. The largest absolute Gasteiger partial charge is 0.338 e. The van der Waals surface area contributed by atoms with Crippen molar-refractivity contribution in [3.63, 3.8) is 0 Å². The lowest BCUT2D eigenvalue weighted by molar-refractivity contribution is -0.115. The number of anilines is 1. The summed E-state index contributed by atoms with van der Waals surface area (Å²) in [6.45, 7) is 5.77. The minimum atomic E-state index is -0.241. The Labute approximate surface area is 91.2 Å². The number of hydrogen-bond donors (Lipinski definition) is 1. The second kappa shape index (κ2) is 4.59. The average molecular weight is 261 g/mol. The highest BCUT2D eigenvalue weighted by Gasteiger charge is 2.13.